The van der Waals surface area contributed by atoms with Gasteiger partial charge in [-0.25, -0.2) is 8.42 Å². The second-order valence-electron chi connectivity index (χ2n) is 4.96. The van der Waals surface area contributed by atoms with Gasteiger partial charge in [0.2, 0.25) is 15.8 Å². The summed E-state index contributed by atoms with van der Waals surface area (Å²) in [6.07, 6.45) is 0.0726. The maximum Gasteiger partial charge on any atom is 0.306 e. The Balaban J connectivity index is 2.45. The van der Waals surface area contributed by atoms with Crippen molar-refractivity contribution in [3.63, 3.8) is 0 Å². The molecular weight excluding hydrogens is 303 g/mol. The molecule has 1 heterocycles. The van der Waals surface area contributed by atoms with E-state index in [9.17, 15) is 28.0 Å². The van der Waals surface area contributed by atoms with Crippen LogP contribution in [0.15, 0.2) is 17.0 Å². The van der Waals surface area contributed by atoms with Crippen LogP contribution in [0.25, 0.3) is 0 Å². The number of aryl methyl sites for hydroxylation is 1. The van der Waals surface area contributed by atoms with E-state index in [0.717, 1.165) is 16.4 Å². The standard InChI is InChI=1S/C12H15FN2O5S/c1-8-6-10(13)11(15(17)18)7-12(8)21(19,20)14-4-2-9(16)3-5-14/h6-7,9,16H,2-5H2,1H3. The molecule has 1 fully saturated rings. The Kier molecular flexibility index (Phi) is 4.26. The van der Waals surface area contributed by atoms with Crippen LogP contribution in [0.3, 0.4) is 0 Å². The lowest BCUT2D eigenvalue weighted by atomic mass is 10.1. The number of hydrogen-bond acceptors (Lipinski definition) is 5. The third-order valence-electron chi connectivity index (χ3n) is 3.48. The molecule has 1 saturated heterocycles. The summed E-state index contributed by atoms with van der Waals surface area (Å²) in [5.41, 5.74) is -0.750. The van der Waals surface area contributed by atoms with Crippen molar-refractivity contribution in [1.29, 1.82) is 0 Å². The van der Waals surface area contributed by atoms with E-state index < -0.39 is 32.6 Å². The van der Waals surface area contributed by atoms with Crippen LogP contribution in [-0.4, -0.2) is 41.9 Å². The fraction of sp³-hybridized carbons (Fsp3) is 0.500. The first-order valence-corrected chi connectivity index (χ1v) is 7.80. The van der Waals surface area contributed by atoms with Gasteiger partial charge >= 0.3 is 5.69 Å². The first kappa shape index (κ1) is 15.8. The summed E-state index contributed by atoms with van der Waals surface area (Å²) in [5.74, 6) is -1.06. The monoisotopic (exact) mass is 318 g/mol. The van der Waals surface area contributed by atoms with Crippen LogP contribution in [0, 0.1) is 22.9 Å². The van der Waals surface area contributed by atoms with Gasteiger partial charge in [-0.05, 0) is 31.4 Å². The topological polar surface area (TPSA) is 101 Å². The van der Waals surface area contributed by atoms with Crippen molar-refractivity contribution >= 4 is 15.7 Å². The number of nitro benzene ring substituents is 1. The molecule has 1 aromatic carbocycles. The molecule has 0 spiro atoms. The number of sulfonamides is 1. The van der Waals surface area contributed by atoms with Gasteiger partial charge in [-0.15, -0.1) is 0 Å². The lowest BCUT2D eigenvalue weighted by molar-refractivity contribution is -0.387. The van der Waals surface area contributed by atoms with Gasteiger partial charge in [0.05, 0.1) is 15.9 Å². The van der Waals surface area contributed by atoms with Crippen LogP contribution in [0.5, 0.6) is 0 Å². The average Bonchev–Trinajstić information content (AvgIpc) is 2.38. The van der Waals surface area contributed by atoms with E-state index in [1.54, 1.807) is 0 Å². The summed E-state index contributed by atoms with van der Waals surface area (Å²) in [5, 5.41) is 20.2. The zero-order valence-corrected chi connectivity index (χ0v) is 12.1. The third kappa shape index (κ3) is 3.04. The van der Waals surface area contributed by atoms with E-state index in [2.05, 4.69) is 0 Å². The number of benzene rings is 1. The molecule has 0 radical (unpaired) electrons. The smallest absolute Gasteiger partial charge is 0.306 e. The summed E-state index contributed by atoms with van der Waals surface area (Å²) < 4.78 is 39.6. The van der Waals surface area contributed by atoms with Crippen LogP contribution in [0.1, 0.15) is 18.4 Å². The Hall–Kier alpha value is -1.58. The second kappa shape index (κ2) is 5.66. The molecule has 1 aliphatic heterocycles. The third-order valence-corrected chi connectivity index (χ3v) is 5.52. The summed E-state index contributed by atoms with van der Waals surface area (Å²) >= 11 is 0. The second-order valence-corrected chi connectivity index (χ2v) is 6.87. The Morgan fingerprint density at radius 3 is 2.48 bits per heavy atom. The first-order chi connectivity index (χ1) is 9.73. The number of nitrogens with zero attached hydrogens (tertiary/aromatic N) is 2. The predicted octanol–water partition coefficient (Wildman–Crippen LogP) is 1.19. The molecule has 21 heavy (non-hydrogen) atoms. The molecule has 0 aliphatic carbocycles. The van der Waals surface area contributed by atoms with E-state index in [1.165, 1.54) is 6.92 Å². The lowest BCUT2D eigenvalue weighted by Crippen LogP contribution is -2.40. The predicted molar refractivity (Wildman–Crippen MR) is 71.8 cm³/mol. The molecule has 9 heteroatoms. The minimum absolute atomic E-state index is 0.115. The van der Waals surface area contributed by atoms with E-state index in [4.69, 9.17) is 0 Å². The fourth-order valence-corrected chi connectivity index (χ4v) is 3.98. The van der Waals surface area contributed by atoms with Crippen molar-refractivity contribution in [1.82, 2.24) is 4.31 Å². The SMILES string of the molecule is Cc1cc(F)c([N+](=O)[O-])cc1S(=O)(=O)N1CCC(O)CC1. The lowest BCUT2D eigenvalue weighted by Gasteiger charge is -2.29. The van der Waals surface area contributed by atoms with Gasteiger partial charge in [0, 0.05) is 19.2 Å². The van der Waals surface area contributed by atoms with E-state index >= 15 is 0 Å². The van der Waals surface area contributed by atoms with Crippen molar-refractivity contribution in [2.45, 2.75) is 30.8 Å². The molecule has 0 unspecified atom stereocenters. The van der Waals surface area contributed by atoms with Gasteiger partial charge in [-0.1, -0.05) is 0 Å². The maximum atomic E-state index is 13.5. The highest BCUT2D eigenvalue weighted by Gasteiger charge is 2.32. The Morgan fingerprint density at radius 1 is 1.38 bits per heavy atom. The molecule has 0 bridgehead atoms. The number of halogens is 1. The van der Waals surface area contributed by atoms with E-state index in [1.807, 2.05) is 0 Å². The minimum Gasteiger partial charge on any atom is -0.393 e. The molecule has 0 atom stereocenters. The van der Waals surface area contributed by atoms with Gasteiger partial charge in [0.25, 0.3) is 0 Å². The molecule has 1 aromatic rings. The molecule has 2 rings (SSSR count). The van der Waals surface area contributed by atoms with Crippen molar-refractivity contribution in [3.8, 4) is 0 Å². The highest BCUT2D eigenvalue weighted by Crippen LogP contribution is 2.28. The fourth-order valence-electron chi connectivity index (χ4n) is 2.28. The largest absolute Gasteiger partial charge is 0.393 e. The van der Waals surface area contributed by atoms with Crippen molar-refractivity contribution in [2.75, 3.05) is 13.1 Å². The number of piperidine rings is 1. The maximum absolute atomic E-state index is 13.5. The number of nitro groups is 1. The number of hydrogen-bond donors (Lipinski definition) is 1. The Bertz CT molecular complexity index is 668. The van der Waals surface area contributed by atoms with Crippen LogP contribution in [0.4, 0.5) is 10.1 Å². The summed E-state index contributed by atoms with van der Waals surface area (Å²) in [7, 11) is -3.94. The summed E-state index contributed by atoms with van der Waals surface area (Å²) in [6, 6.07) is 1.61. The van der Waals surface area contributed by atoms with Crippen molar-refractivity contribution in [2.24, 2.45) is 0 Å². The van der Waals surface area contributed by atoms with Gasteiger partial charge in [-0.2, -0.15) is 8.70 Å². The van der Waals surface area contributed by atoms with E-state index in [-0.39, 0.29) is 23.5 Å². The van der Waals surface area contributed by atoms with Gasteiger partial charge in [0.15, 0.2) is 0 Å². The Morgan fingerprint density at radius 2 is 1.95 bits per heavy atom. The van der Waals surface area contributed by atoms with Crippen molar-refractivity contribution < 1.29 is 22.8 Å². The highest BCUT2D eigenvalue weighted by molar-refractivity contribution is 7.89. The number of rotatable bonds is 3. The van der Waals surface area contributed by atoms with Crippen LogP contribution >= 0.6 is 0 Å². The highest BCUT2D eigenvalue weighted by atomic mass is 32.2. The van der Waals surface area contributed by atoms with Gasteiger partial charge < -0.3 is 5.11 Å². The zero-order valence-electron chi connectivity index (χ0n) is 11.3. The molecule has 0 aromatic heterocycles. The molecular formula is C12H15FN2O5S. The normalized spacial score (nSPS) is 17.9. The number of aliphatic hydroxyl groups excluding tert-OH is 1. The minimum atomic E-state index is -3.94. The van der Waals surface area contributed by atoms with E-state index in [0.29, 0.717) is 12.8 Å². The summed E-state index contributed by atoms with van der Waals surface area (Å²) in [4.78, 5) is 9.53. The number of aliphatic hydroxyl groups is 1. The molecule has 1 aliphatic rings. The van der Waals surface area contributed by atoms with Gasteiger partial charge in [0.1, 0.15) is 0 Å². The molecule has 116 valence electrons. The van der Waals surface area contributed by atoms with Crippen molar-refractivity contribution in [3.05, 3.63) is 33.6 Å². The average molecular weight is 318 g/mol. The Labute approximate surface area is 121 Å². The molecule has 0 amide bonds. The quantitative estimate of drug-likeness (QED) is 0.666. The van der Waals surface area contributed by atoms with Gasteiger partial charge in [-0.3, -0.25) is 10.1 Å². The zero-order chi connectivity index (χ0) is 15.8. The first-order valence-electron chi connectivity index (χ1n) is 6.36. The molecule has 0 saturated carbocycles. The van der Waals surface area contributed by atoms with Crippen LogP contribution < -0.4 is 0 Å². The molecule has 1 N–H and O–H groups in total. The summed E-state index contributed by atoms with van der Waals surface area (Å²) in [6.45, 7) is 1.65. The van der Waals surface area contributed by atoms with Crippen LogP contribution in [0.2, 0.25) is 0 Å². The molecule has 7 nitrogen and oxygen atoms in total. The van der Waals surface area contributed by atoms with Crippen LogP contribution in [-0.2, 0) is 10.0 Å².